The topological polar surface area (TPSA) is 89.4 Å². The molecule has 1 saturated heterocycles. The second-order valence-corrected chi connectivity index (χ2v) is 6.65. The molecule has 9 heteroatoms. The summed E-state index contributed by atoms with van der Waals surface area (Å²) in [6, 6.07) is 3.80. The van der Waals surface area contributed by atoms with Crippen LogP contribution in [0.5, 0.6) is 0 Å². The van der Waals surface area contributed by atoms with E-state index < -0.39 is 22.1 Å². The van der Waals surface area contributed by atoms with Crippen LogP contribution in [-0.4, -0.2) is 27.7 Å². The summed E-state index contributed by atoms with van der Waals surface area (Å²) < 4.78 is 61.2. The first-order chi connectivity index (χ1) is 9.59. The van der Waals surface area contributed by atoms with E-state index in [1.54, 1.807) is 0 Å². The van der Waals surface area contributed by atoms with Gasteiger partial charge in [0, 0.05) is 13.1 Å². The van der Waals surface area contributed by atoms with E-state index in [9.17, 15) is 21.6 Å². The van der Waals surface area contributed by atoms with Gasteiger partial charge in [-0.3, -0.25) is 0 Å². The summed E-state index contributed by atoms with van der Waals surface area (Å²) in [7, 11) is -3.93. The molecule has 1 atom stereocenters. The van der Waals surface area contributed by atoms with Crippen LogP contribution in [0.3, 0.4) is 0 Å². The number of hydrogen-bond acceptors (Lipinski definition) is 4. The first-order valence-corrected chi connectivity index (χ1v) is 7.87. The van der Waals surface area contributed by atoms with Gasteiger partial charge < -0.3 is 10.6 Å². The van der Waals surface area contributed by atoms with Crippen molar-refractivity contribution in [2.45, 2.75) is 23.9 Å². The Morgan fingerprint density at radius 2 is 1.95 bits per heavy atom. The summed E-state index contributed by atoms with van der Waals surface area (Å²) in [5, 5.41) is 5.03. The molecular weight excluding hydrogens is 307 g/mol. The number of piperidine rings is 1. The van der Waals surface area contributed by atoms with Gasteiger partial charge in [-0.05, 0) is 31.0 Å². The molecule has 118 valence electrons. The number of sulfonamides is 1. The Morgan fingerprint density at radius 3 is 2.52 bits per heavy atom. The molecule has 1 aromatic carbocycles. The molecule has 1 heterocycles. The van der Waals surface area contributed by atoms with Crippen molar-refractivity contribution in [2.75, 3.05) is 23.7 Å². The highest BCUT2D eigenvalue weighted by Crippen LogP contribution is 2.36. The second kappa shape index (κ2) is 5.38. The second-order valence-electron chi connectivity index (χ2n) is 5.09. The largest absolute Gasteiger partial charge is 0.397 e. The first kappa shape index (κ1) is 15.9. The Hall–Kier alpha value is -1.48. The highest BCUT2D eigenvalue weighted by atomic mass is 32.2. The summed E-state index contributed by atoms with van der Waals surface area (Å²) in [6.45, 7) is 0.159. The Morgan fingerprint density at radius 1 is 1.29 bits per heavy atom. The molecule has 1 aromatic rings. The average Bonchev–Trinajstić information content (AvgIpc) is 2.37. The smallest absolute Gasteiger partial charge is 0.393 e. The third kappa shape index (κ3) is 3.59. The predicted molar refractivity (Wildman–Crippen MR) is 73.2 cm³/mol. The molecule has 0 aromatic heterocycles. The molecule has 1 aliphatic heterocycles. The number of alkyl halides is 3. The van der Waals surface area contributed by atoms with Crippen molar-refractivity contribution in [2.24, 2.45) is 11.1 Å². The fraction of sp³-hybridized carbons (Fsp3) is 0.500. The van der Waals surface area contributed by atoms with Crippen molar-refractivity contribution in [1.29, 1.82) is 0 Å². The third-order valence-corrected chi connectivity index (χ3v) is 4.47. The van der Waals surface area contributed by atoms with Crippen molar-refractivity contribution in [3.8, 4) is 0 Å². The fourth-order valence-electron chi connectivity index (χ4n) is 2.44. The molecule has 4 N–H and O–H groups in total. The van der Waals surface area contributed by atoms with Gasteiger partial charge in [0.1, 0.15) is 0 Å². The third-order valence-electron chi connectivity index (χ3n) is 3.56. The lowest BCUT2D eigenvalue weighted by Crippen LogP contribution is -2.42. The lowest BCUT2D eigenvalue weighted by molar-refractivity contribution is -0.175. The zero-order valence-electron chi connectivity index (χ0n) is 11.1. The van der Waals surface area contributed by atoms with E-state index in [-0.39, 0.29) is 29.2 Å². The number of rotatable bonds is 2. The van der Waals surface area contributed by atoms with E-state index in [1.165, 1.54) is 23.1 Å². The SMILES string of the molecule is Nc1ccc(S(N)(=O)=O)cc1N1CCCC(C(F)(F)F)C1. The van der Waals surface area contributed by atoms with Gasteiger partial charge in [-0.1, -0.05) is 0 Å². The van der Waals surface area contributed by atoms with Gasteiger partial charge in [-0.15, -0.1) is 0 Å². The maximum absolute atomic E-state index is 12.8. The molecule has 1 unspecified atom stereocenters. The highest BCUT2D eigenvalue weighted by molar-refractivity contribution is 7.89. The van der Waals surface area contributed by atoms with Gasteiger partial charge in [0.25, 0.3) is 0 Å². The standard InChI is InChI=1S/C12H16F3N3O2S/c13-12(14,15)8-2-1-5-18(7-8)11-6-9(21(17,19)20)3-4-10(11)16/h3-4,6,8H,1-2,5,7,16H2,(H2,17,19,20). The Balaban J connectivity index is 2.33. The molecule has 21 heavy (non-hydrogen) atoms. The minimum atomic E-state index is -4.27. The lowest BCUT2D eigenvalue weighted by Gasteiger charge is -2.36. The molecule has 1 aliphatic rings. The van der Waals surface area contributed by atoms with Crippen molar-refractivity contribution in [1.82, 2.24) is 0 Å². The molecule has 0 saturated carbocycles. The van der Waals surface area contributed by atoms with Crippen molar-refractivity contribution in [3.05, 3.63) is 18.2 Å². The number of benzene rings is 1. The number of nitrogen functional groups attached to an aromatic ring is 1. The summed E-state index contributed by atoms with van der Waals surface area (Å²) in [5.41, 5.74) is 6.26. The van der Waals surface area contributed by atoms with E-state index in [0.29, 0.717) is 13.0 Å². The molecule has 0 bridgehead atoms. The maximum Gasteiger partial charge on any atom is 0.393 e. The maximum atomic E-state index is 12.8. The number of nitrogens with zero attached hydrogens (tertiary/aromatic N) is 1. The molecule has 0 amide bonds. The minimum absolute atomic E-state index is 0.0643. The van der Waals surface area contributed by atoms with Crippen molar-refractivity contribution < 1.29 is 21.6 Å². The van der Waals surface area contributed by atoms with Crippen LogP contribution >= 0.6 is 0 Å². The summed E-state index contributed by atoms with van der Waals surface area (Å²) >= 11 is 0. The van der Waals surface area contributed by atoms with Gasteiger partial charge in [0.15, 0.2) is 0 Å². The Kier molecular flexibility index (Phi) is 4.07. The van der Waals surface area contributed by atoms with E-state index in [2.05, 4.69) is 0 Å². The van der Waals surface area contributed by atoms with Gasteiger partial charge >= 0.3 is 6.18 Å². The van der Waals surface area contributed by atoms with Crippen LogP contribution in [0.4, 0.5) is 24.5 Å². The van der Waals surface area contributed by atoms with Crippen LogP contribution < -0.4 is 15.8 Å². The van der Waals surface area contributed by atoms with E-state index in [0.717, 1.165) is 0 Å². The quantitative estimate of drug-likeness (QED) is 0.811. The summed E-state index contributed by atoms with van der Waals surface area (Å²) in [5.74, 6) is -1.44. The molecule has 0 radical (unpaired) electrons. The van der Waals surface area contributed by atoms with E-state index >= 15 is 0 Å². The number of anilines is 2. The average molecular weight is 323 g/mol. The number of primary sulfonamides is 1. The molecule has 5 nitrogen and oxygen atoms in total. The van der Waals surface area contributed by atoms with Gasteiger partial charge in [-0.25, -0.2) is 13.6 Å². The molecule has 0 spiro atoms. The van der Waals surface area contributed by atoms with E-state index in [4.69, 9.17) is 10.9 Å². The normalized spacial score (nSPS) is 20.6. The highest BCUT2D eigenvalue weighted by Gasteiger charge is 2.42. The summed E-state index contributed by atoms with van der Waals surface area (Å²) in [6.07, 6.45) is -3.84. The van der Waals surface area contributed by atoms with Gasteiger partial charge in [0.05, 0.1) is 22.2 Å². The van der Waals surface area contributed by atoms with Gasteiger partial charge in [-0.2, -0.15) is 13.2 Å². The van der Waals surface area contributed by atoms with Crippen LogP contribution in [-0.2, 0) is 10.0 Å². The van der Waals surface area contributed by atoms with Crippen LogP contribution in [0.15, 0.2) is 23.1 Å². The predicted octanol–water partition coefficient (Wildman–Crippen LogP) is 1.69. The monoisotopic (exact) mass is 323 g/mol. The van der Waals surface area contributed by atoms with E-state index in [1.807, 2.05) is 0 Å². The summed E-state index contributed by atoms with van der Waals surface area (Å²) in [4.78, 5) is 1.30. The first-order valence-electron chi connectivity index (χ1n) is 6.33. The zero-order valence-corrected chi connectivity index (χ0v) is 11.9. The molecule has 0 aliphatic carbocycles. The number of hydrogen-bond donors (Lipinski definition) is 2. The van der Waals surface area contributed by atoms with Crippen molar-refractivity contribution >= 4 is 21.4 Å². The van der Waals surface area contributed by atoms with Crippen LogP contribution in [0.1, 0.15) is 12.8 Å². The number of halogens is 3. The molecule has 2 rings (SSSR count). The zero-order chi connectivity index (χ0) is 15.8. The molecular formula is C12H16F3N3O2S. The van der Waals surface area contributed by atoms with Crippen molar-refractivity contribution in [3.63, 3.8) is 0 Å². The van der Waals surface area contributed by atoms with Gasteiger partial charge in [0.2, 0.25) is 10.0 Å². The number of nitrogens with two attached hydrogens (primary N) is 2. The van der Waals surface area contributed by atoms with Crippen LogP contribution in [0.25, 0.3) is 0 Å². The molecule has 1 fully saturated rings. The minimum Gasteiger partial charge on any atom is -0.397 e. The fourth-order valence-corrected chi connectivity index (χ4v) is 2.97. The lowest BCUT2D eigenvalue weighted by atomic mass is 9.97. The van der Waals surface area contributed by atoms with Crippen LogP contribution in [0, 0.1) is 5.92 Å². The Bertz CT molecular complexity index is 631. The van der Waals surface area contributed by atoms with Crippen LogP contribution in [0.2, 0.25) is 0 Å². The Labute approximate surface area is 120 Å².